The lowest BCUT2D eigenvalue weighted by Gasteiger charge is -2.32. The first-order valence-electron chi connectivity index (χ1n) is 8.47. The third-order valence-electron chi connectivity index (χ3n) is 4.22. The van der Waals surface area contributed by atoms with E-state index in [9.17, 15) is 4.79 Å². The van der Waals surface area contributed by atoms with Crippen LogP contribution in [0.15, 0.2) is 17.1 Å². The first-order valence-corrected chi connectivity index (χ1v) is 8.47. The van der Waals surface area contributed by atoms with Gasteiger partial charge < -0.3 is 24.6 Å². The molecule has 1 aliphatic heterocycles. The molecular weight excluding hydrogens is 320 g/mol. The first-order chi connectivity index (χ1) is 12.0. The predicted molar refractivity (Wildman–Crippen MR) is 98.3 cm³/mol. The van der Waals surface area contributed by atoms with Gasteiger partial charge in [0.2, 0.25) is 5.91 Å². The fourth-order valence-electron chi connectivity index (χ4n) is 2.77. The number of aliphatic imine (C=N–C) groups is 1. The van der Waals surface area contributed by atoms with Gasteiger partial charge in [-0.25, -0.2) is 4.99 Å². The van der Waals surface area contributed by atoms with Gasteiger partial charge in [-0.3, -0.25) is 4.79 Å². The number of guanidine groups is 1. The molecule has 7 nitrogen and oxygen atoms in total. The van der Waals surface area contributed by atoms with Crippen LogP contribution in [0, 0.1) is 0 Å². The van der Waals surface area contributed by atoms with Crippen LogP contribution in [0.4, 0.5) is 0 Å². The number of rotatable bonds is 5. The summed E-state index contributed by atoms with van der Waals surface area (Å²) in [5, 5.41) is 3.28. The Morgan fingerprint density at radius 3 is 2.44 bits per heavy atom. The highest BCUT2D eigenvalue weighted by Crippen LogP contribution is 2.33. The number of amides is 1. The van der Waals surface area contributed by atoms with Crippen molar-refractivity contribution in [2.45, 2.75) is 19.9 Å². The largest absolute Gasteiger partial charge is 0.493 e. The maximum atomic E-state index is 11.8. The summed E-state index contributed by atoms with van der Waals surface area (Å²) in [6.07, 6.45) is 0.891. The Morgan fingerprint density at radius 1 is 1.24 bits per heavy atom. The summed E-state index contributed by atoms with van der Waals surface area (Å²) in [7, 11) is 6.77. The molecule has 0 spiro atoms. The number of fused-ring (bicyclic) bond motifs is 1. The summed E-state index contributed by atoms with van der Waals surface area (Å²) < 4.78 is 10.8. The van der Waals surface area contributed by atoms with Gasteiger partial charge in [-0.1, -0.05) is 0 Å². The molecule has 1 aromatic carbocycles. The highest BCUT2D eigenvalue weighted by Gasteiger charge is 2.22. The Morgan fingerprint density at radius 2 is 1.88 bits per heavy atom. The molecule has 2 rings (SSSR count). The zero-order valence-electron chi connectivity index (χ0n) is 15.8. The van der Waals surface area contributed by atoms with Crippen LogP contribution in [0.1, 0.15) is 18.1 Å². The summed E-state index contributed by atoms with van der Waals surface area (Å²) in [4.78, 5) is 20.0. The van der Waals surface area contributed by atoms with Crippen LogP contribution in [0.2, 0.25) is 0 Å². The smallest absolute Gasteiger partial charge is 0.243 e. The maximum Gasteiger partial charge on any atom is 0.243 e. The maximum absolute atomic E-state index is 11.8. The van der Waals surface area contributed by atoms with E-state index in [2.05, 4.69) is 15.2 Å². The summed E-state index contributed by atoms with van der Waals surface area (Å²) in [6.45, 7) is 4.48. The van der Waals surface area contributed by atoms with Gasteiger partial charge in [-0.2, -0.15) is 0 Å². The van der Waals surface area contributed by atoms with Gasteiger partial charge in [0.15, 0.2) is 17.5 Å². The van der Waals surface area contributed by atoms with Crippen LogP contribution >= 0.6 is 0 Å². The Bertz CT molecular complexity index is 643. The number of methoxy groups -OCH3 is 2. The molecule has 25 heavy (non-hydrogen) atoms. The van der Waals surface area contributed by atoms with Crippen molar-refractivity contribution in [1.82, 2.24) is 15.1 Å². The monoisotopic (exact) mass is 348 g/mol. The van der Waals surface area contributed by atoms with E-state index in [-0.39, 0.29) is 12.5 Å². The van der Waals surface area contributed by atoms with Gasteiger partial charge in [-0.05, 0) is 36.6 Å². The molecule has 7 heteroatoms. The predicted octanol–water partition coefficient (Wildman–Crippen LogP) is 1.12. The summed E-state index contributed by atoms with van der Waals surface area (Å²) in [5.74, 6) is 2.23. The van der Waals surface area contributed by atoms with E-state index >= 15 is 0 Å². The summed E-state index contributed by atoms with van der Waals surface area (Å²) in [6, 6.07) is 4.07. The minimum absolute atomic E-state index is 0.0146. The number of hydrogen-bond donors (Lipinski definition) is 1. The molecule has 138 valence electrons. The van der Waals surface area contributed by atoms with Crippen molar-refractivity contribution in [3.05, 3.63) is 23.3 Å². The number of carbonyl (C=O) groups is 1. The summed E-state index contributed by atoms with van der Waals surface area (Å²) in [5.41, 5.74) is 2.45. The normalized spacial score (nSPS) is 14.0. The average Bonchev–Trinajstić information content (AvgIpc) is 2.62. The second-order valence-corrected chi connectivity index (χ2v) is 6.11. The molecule has 0 radical (unpaired) electrons. The first kappa shape index (κ1) is 18.9. The average molecular weight is 348 g/mol. The van der Waals surface area contributed by atoms with Gasteiger partial charge in [0, 0.05) is 33.7 Å². The van der Waals surface area contributed by atoms with Gasteiger partial charge in [-0.15, -0.1) is 0 Å². The number of likely N-dealkylation sites (N-methyl/N-ethyl adjacent to an activating group) is 1. The zero-order valence-corrected chi connectivity index (χ0v) is 15.8. The Balaban J connectivity index is 2.20. The second-order valence-electron chi connectivity index (χ2n) is 6.11. The molecule has 1 heterocycles. The van der Waals surface area contributed by atoms with E-state index < -0.39 is 0 Å². The number of hydrogen-bond acceptors (Lipinski definition) is 4. The third-order valence-corrected chi connectivity index (χ3v) is 4.22. The minimum atomic E-state index is -0.0146. The quantitative estimate of drug-likeness (QED) is 0.638. The van der Waals surface area contributed by atoms with Crippen molar-refractivity contribution >= 4 is 11.9 Å². The molecular formula is C18H28N4O3. The molecule has 0 unspecified atom stereocenters. The van der Waals surface area contributed by atoms with Crippen molar-refractivity contribution in [2.24, 2.45) is 4.99 Å². The highest BCUT2D eigenvalue weighted by atomic mass is 16.5. The molecule has 1 N–H and O–H groups in total. The molecule has 0 atom stereocenters. The number of ether oxygens (including phenoxy) is 2. The third kappa shape index (κ3) is 4.55. The molecule has 0 saturated carbocycles. The van der Waals surface area contributed by atoms with Crippen LogP contribution in [0.5, 0.6) is 11.5 Å². The van der Waals surface area contributed by atoms with Crippen LogP contribution in [-0.2, 0) is 17.8 Å². The van der Waals surface area contributed by atoms with Crippen LogP contribution in [0.25, 0.3) is 0 Å². The van der Waals surface area contributed by atoms with Crippen molar-refractivity contribution in [3.63, 3.8) is 0 Å². The van der Waals surface area contributed by atoms with Crippen molar-refractivity contribution in [3.8, 4) is 11.5 Å². The van der Waals surface area contributed by atoms with Crippen molar-refractivity contribution in [1.29, 1.82) is 0 Å². The fourth-order valence-corrected chi connectivity index (χ4v) is 2.77. The molecule has 1 aromatic rings. The topological polar surface area (TPSA) is 66.4 Å². The Kier molecular flexibility index (Phi) is 6.50. The molecule has 1 amide bonds. The lowest BCUT2D eigenvalue weighted by Crippen LogP contribution is -2.44. The lowest BCUT2D eigenvalue weighted by atomic mass is 9.99. The number of carbonyl (C=O) groups excluding carboxylic acids is 1. The second kappa shape index (κ2) is 8.60. The minimum Gasteiger partial charge on any atom is -0.493 e. The van der Waals surface area contributed by atoms with Crippen LogP contribution < -0.4 is 14.8 Å². The fraction of sp³-hybridized carbons (Fsp3) is 0.556. The molecule has 0 aromatic heterocycles. The summed E-state index contributed by atoms with van der Waals surface area (Å²) >= 11 is 0. The van der Waals surface area contributed by atoms with Crippen LogP contribution in [-0.4, -0.2) is 69.6 Å². The van der Waals surface area contributed by atoms with Gasteiger partial charge in [0.05, 0.1) is 14.2 Å². The lowest BCUT2D eigenvalue weighted by molar-refractivity contribution is -0.127. The standard InChI is InChI=1S/C18H28N4O3/c1-6-19-18(20-11-17(23)21(2)3)22-8-7-13-9-15(24-4)16(25-5)10-14(13)12-22/h9-10H,6-8,11-12H2,1-5H3,(H,19,20). The SMILES string of the molecule is CCNC(=NCC(=O)N(C)C)N1CCc2cc(OC)c(OC)cc2C1. The Labute approximate surface area is 149 Å². The van der Waals surface area contributed by atoms with Gasteiger partial charge >= 0.3 is 0 Å². The Hall–Kier alpha value is -2.44. The number of benzene rings is 1. The zero-order chi connectivity index (χ0) is 18.4. The van der Waals surface area contributed by atoms with E-state index in [1.165, 1.54) is 11.1 Å². The molecule has 0 bridgehead atoms. The molecule has 0 aliphatic carbocycles. The number of nitrogens with zero attached hydrogens (tertiary/aromatic N) is 3. The van der Waals surface area contributed by atoms with E-state index in [1.54, 1.807) is 33.2 Å². The van der Waals surface area contributed by atoms with Crippen molar-refractivity contribution < 1.29 is 14.3 Å². The molecule has 0 saturated heterocycles. The van der Waals surface area contributed by atoms with E-state index in [4.69, 9.17) is 9.47 Å². The number of nitrogens with one attached hydrogen (secondary N) is 1. The van der Waals surface area contributed by atoms with E-state index in [1.807, 2.05) is 19.1 Å². The van der Waals surface area contributed by atoms with E-state index in [0.717, 1.165) is 43.5 Å². The van der Waals surface area contributed by atoms with Crippen LogP contribution in [0.3, 0.4) is 0 Å². The highest BCUT2D eigenvalue weighted by molar-refractivity contribution is 5.85. The van der Waals surface area contributed by atoms with Gasteiger partial charge in [0.1, 0.15) is 6.54 Å². The molecule has 1 aliphatic rings. The van der Waals surface area contributed by atoms with E-state index in [0.29, 0.717) is 0 Å². The van der Waals surface area contributed by atoms with Crippen molar-refractivity contribution in [2.75, 3.05) is 47.9 Å². The molecule has 0 fully saturated rings. The van der Waals surface area contributed by atoms with Gasteiger partial charge in [0.25, 0.3) is 0 Å².